The molecule has 0 radical (unpaired) electrons. The fourth-order valence-electron chi connectivity index (χ4n) is 1.37. The summed E-state index contributed by atoms with van der Waals surface area (Å²) in [5, 5.41) is 0. The standard InChI is InChI=1S/C12H20N2/c1-4-11(2)14(3)10-8-12-7-5-6-9-13-12/h5-7,9,11H,4,8,10H2,1-3H3. The Balaban J connectivity index is 2.34. The van der Waals surface area contributed by atoms with Crippen LogP contribution in [0.5, 0.6) is 0 Å². The Morgan fingerprint density at radius 3 is 2.79 bits per heavy atom. The lowest BCUT2D eigenvalue weighted by Crippen LogP contribution is -2.30. The van der Waals surface area contributed by atoms with Crippen LogP contribution in [0.4, 0.5) is 0 Å². The highest BCUT2D eigenvalue weighted by molar-refractivity contribution is 5.03. The lowest BCUT2D eigenvalue weighted by molar-refractivity contribution is 0.254. The van der Waals surface area contributed by atoms with Crippen molar-refractivity contribution in [2.75, 3.05) is 13.6 Å². The van der Waals surface area contributed by atoms with Crippen LogP contribution in [-0.4, -0.2) is 29.5 Å². The first-order valence-electron chi connectivity index (χ1n) is 5.34. The van der Waals surface area contributed by atoms with E-state index in [0.717, 1.165) is 13.0 Å². The summed E-state index contributed by atoms with van der Waals surface area (Å²) in [4.78, 5) is 6.69. The molecule has 0 aromatic carbocycles. The highest BCUT2D eigenvalue weighted by Gasteiger charge is 2.06. The molecule has 0 saturated heterocycles. The number of rotatable bonds is 5. The van der Waals surface area contributed by atoms with Crippen LogP contribution in [0, 0.1) is 0 Å². The molecule has 1 rings (SSSR count). The second-order valence-corrected chi connectivity index (χ2v) is 3.81. The predicted molar refractivity (Wildman–Crippen MR) is 60.3 cm³/mol. The van der Waals surface area contributed by atoms with Gasteiger partial charge in [0.1, 0.15) is 0 Å². The largest absolute Gasteiger partial charge is 0.303 e. The van der Waals surface area contributed by atoms with E-state index in [2.05, 4.69) is 36.8 Å². The van der Waals surface area contributed by atoms with Gasteiger partial charge in [0.15, 0.2) is 0 Å². The van der Waals surface area contributed by atoms with Crippen LogP contribution in [0.2, 0.25) is 0 Å². The zero-order valence-corrected chi connectivity index (χ0v) is 9.40. The van der Waals surface area contributed by atoms with E-state index in [9.17, 15) is 0 Å². The summed E-state index contributed by atoms with van der Waals surface area (Å²) >= 11 is 0. The van der Waals surface area contributed by atoms with Crippen LogP contribution in [0.3, 0.4) is 0 Å². The third kappa shape index (κ3) is 3.46. The Labute approximate surface area is 87.0 Å². The normalized spacial score (nSPS) is 13.1. The summed E-state index contributed by atoms with van der Waals surface area (Å²) in [6, 6.07) is 6.76. The highest BCUT2D eigenvalue weighted by atomic mass is 15.1. The summed E-state index contributed by atoms with van der Waals surface area (Å²) < 4.78 is 0. The molecule has 0 bridgehead atoms. The maximum Gasteiger partial charge on any atom is 0.0416 e. The van der Waals surface area contributed by atoms with E-state index in [4.69, 9.17) is 0 Å². The van der Waals surface area contributed by atoms with Crippen molar-refractivity contribution < 1.29 is 0 Å². The van der Waals surface area contributed by atoms with Gasteiger partial charge in [0.2, 0.25) is 0 Å². The zero-order valence-electron chi connectivity index (χ0n) is 9.40. The van der Waals surface area contributed by atoms with Gasteiger partial charge in [0, 0.05) is 30.9 Å². The van der Waals surface area contributed by atoms with Crippen LogP contribution in [0.1, 0.15) is 26.0 Å². The summed E-state index contributed by atoms with van der Waals surface area (Å²) in [6.07, 6.45) is 4.11. The van der Waals surface area contributed by atoms with Crippen molar-refractivity contribution in [1.29, 1.82) is 0 Å². The SMILES string of the molecule is CCC(C)N(C)CCc1ccccn1. The molecule has 0 aliphatic rings. The monoisotopic (exact) mass is 192 g/mol. The minimum Gasteiger partial charge on any atom is -0.303 e. The van der Waals surface area contributed by atoms with E-state index >= 15 is 0 Å². The van der Waals surface area contributed by atoms with Crippen LogP contribution < -0.4 is 0 Å². The van der Waals surface area contributed by atoms with E-state index in [-0.39, 0.29) is 0 Å². The lowest BCUT2D eigenvalue weighted by Gasteiger charge is -2.22. The Bertz CT molecular complexity index is 246. The second kappa shape index (κ2) is 5.76. The van der Waals surface area contributed by atoms with Crippen molar-refractivity contribution in [2.24, 2.45) is 0 Å². The van der Waals surface area contributed by atoms with Crippen molar-refractivity contribution in [1.82, 2.24) is 9.88 Å². The average molecular weight is 192 g/mol. The first kappa shape index (κ1) is 11.2. The van der Waals surface area contributed by atoms with Crippen molar-refractivity contribution >= 4 is 0 Å². The molecule has 0 amide bonds. The minimum atomic E-state index is 0.665. The minimum absolute atomic E-state index is 0.665. The first-order chi connectivity index (χ1) is 6.74. The van der Waals surface area contributed by atoms with E-state index < -0.39 is 0 Å². The van der Waals surface area contributed by atoms with Gasteiger partial charge < -0.3 is 4.90 Å². The highest BCUT2D eigenvalue weighted by Crippen LogP contribution is 2.02. The molecule has 1 heterocycles. The van der Waals surface area contributed by atoms with Crippen LogP contribution in [0.25, 0.3) is 0 Å². The van der Waals surface area contributed by atoms with Crippen molar-refractivity contribution in [3.8, 4) is 0 Å². The topological polar surface area (TPSA) is 16.1 Å². The Morgan fingerprint density at radius 1 is 1.43 bits per heavy atom. The van der Waals surface area contributed by atoms with Gasteiger partial charge in [-0.15, -0.1) is 0 Å². The third-order valence-electron chi connectivity index (χ3n) is 2.79. The smallest absolute Gasteiger partial charge is 0.0416 e. The first-order valence-corrected chi connectivity index (χ1v) is 5.34. The summed E-state index contributed by atoms with van der Waals surface area (Å²) in [5.74, 6) is 0. The molecule has 0 saturated carbocycles. The Hall–Kier alpha value is -0.890. The molecule has 0 fully saturated rings. The molecule has 1 atom stereocenters. The van der Waals surface area contributed by atoms with Gasteiger partial charge in [-0.25, -0.2) is 0 Å². The summed E-state index contributed by atoms with van der Waals surface area (Å²) in [5.41, 5.74) is 1.18. The van der Waals surface area contributed by atoms with Gasteiger partial charge in [0.05, 0.1) is 0 Å². The molecule has 2 nitrogen and oxygen atoms in total. The molecule has 14 heavy (non-hydrogen) atoms. The molecular weight excluding hydrogens is 172 g/mol. The van der Waals surface area contributed by atoms with Gasteiger partial charge in [-0.05, 0) is 32.5 Å². The van der Waals surface area contributed by atoms with Crippen molar-refractivity contribution in [2.45, 2.75) is 32.7 Å². The van der Waals surface area contributed by atoms with Crippen molar-refractivity contribution in [3.05, 3.63) is 30.1 Å². The van der Waals surface area contributed by atoms with Gasteiger partial charge in [0.25, 0.3) is 0 Å². The maximum atomic E-state index is 4.31. The lowest BCUT2D eigenvalue weighted by atomic mass is 10.2. The molecule has 1 aromatic heterocycles. The van der Waals surface area contributed by atoms with Gasteiger partial charge in [-0.2, -0.15) is 0 Å². The summed E-state index contributed by atoms with van der Waals surface area (Å²) in [6.45, 7) is 5.58. The van der Waals surface area contributed by atoms with Gasteiger partial charge in [-0.3, -0.25) is 4.98 Å². The number of hydrogen-bond acceptors (Lipinski definition) is 2. The number of aromatic nitrogens is 1. The molecule has 1 aromatic rings. The van der Waals surface area contributed by atoms with Crippen LogP contribution in [-0.2, 0) is 6.42 Å². The molecule has 1 unspecified atom stereocenters. The quantitative estimate of drug-likeness (QED) is 0.712. The second-order valence-electron chi connectivity index (χ2n) is 3.81. The fraction of sp³-hybridized carbons (Fsp3) is 0.583. The van der Waals surface area contributed by atoms with E-state index in [1.165, 1.54) is 12.1 Å². The molecule has 2 heteroatoms. The average Bonchev–Trinajstić information content (AvgIpc) is 2.26. The molecule has 0 aliphatic heterocycles. The molecule has 0 spiro atoms. The zero-order chi connectivity index (χ0) is 10.4. The number of likely N-dealkylation sites (N-methyl/N-ethyl adjacent to an activating group) is 1. The van der Waals surface area contributed by atoms with E-state index in [1.807, 2.05) is 18.3 Å². The van der Waals surface area contributed by atoms with Crippen LogP contribution >= 0.6 is 0 Å². The summed E-state index contributed by atoms with van der Waals surface area (Å²) in [7, 11) is 2.18. The van der Waals surface area contributed by atoms with Gasteiger partial charge in [-0.1, -0.05) is 13.0 Å². The van der Waals surface area contributed by atoms with Crippen LogP contribution in [0.15, 0.2) is 24.4 Å². The van der Waals surface area contributed by atoms with E-state index in [1.54, 1.807) is 0 Å². The molecule has 78 valence electrons. The van der Waals surface area contributed by atoms with E-state index in [0.29, 0.717) is 6.04 Å². The molecule has 0 aliphatic carbocycles. The predicted octanol–water partition coefficient (Wildman–Crippen LogP) is 2.35. The van der Waals surface area contributed by atoms with Gasteiger partial charge >= 0.3 is 0 Å². The fourth-order valence-corrected chi connectivity index (χ4v) is 1.37. The third-order valence-corrected chi connectivity index (χ3v) is 2.79. The Kier molecular flexibility index (Phi) is 4.60. The number of pyridine rings is 1. The maximum absolute atomic E-state index is 4.31. The molecular formula is C12H20N2. The number of hydrogen-bond donors (Lipinski definition) is 0. The van der Waals surface area contributed by atoms with Crippen molar-refractivity contribution in [3.63, 3.8) is 0 Å². The molecule has 0 N–H and O–H groups in total. The number of nitrogens with zero attached hydrogens (tertiary/aromatic N) is 2. The Morgan fingerprint density at radius 2 is 2.21 bits per heavy atom.